The Morgan fingerprint density at radius 2 is 1.16 bits per heavy atom. The number of carboxylic acid groups (broad SMARTS) is 1. The number of carboxylic acids is 1. The third-order valence-corrected chi connectivity index (χ3v) is 7.86. The van der Waals surface area contributed by atoms with E-state index in [0.717, 1.165) is 39.1 Å². The van der Waals surface area contributed by atoms with Crippen molar-refractivity contribution in [3.63, 3.8) is 0 Å². The first-order valence-corrected chi connectivity index (χ1v) is 17.0. The van der Waals surface area contributed by atoms with Gasteiger partial charge in [0.25, 0.3) is 0 Å². The first-order valence-electron chi connectivity index (χ1n) is 17.0. The fraction of sp³-hybridized carbons (Fsp3) is 0.914. The first-order chi connectivity index (χ1) is 20.4. The fourth-order valence-electron chi connectivity index (χ4n) is 6.19. The summed E-state index contributed by atoms with van der Waals surface area (Å²) in [4.78, 5) is 47.5. The van der Waals surface area contributed by atoms with Crippen LogP contribution >= 0.6 is 0 Å². The summed E-state index contributed by atoms with van der Waals surface area (Å²) in [5.74, 6) is -1.62. The molecule has 2 atom stereocenters. The second-order valence-electron chi connectivity index (χ2n) is 17.0. The highest BCUT2D eigenvalue weighted by atomic mass is 16.6. The standard InChI is InChI=1S/C35H68N4O6/c1-14-28(33(5,6)7)39-23-18-36(25-30(42)44-34(8,9)10)17-21-38(22-19-37(20-24-39)26-32(2,3)4)27(15-16-29(40)41)31(43)45-35(11,12)13/h27-28H,14-26H2,1-13H3,(H,40,41). The number of rotatable bonds is 10. The normalized spacial score (nSPS) is 19.7. The molecule has 1 aliphatic heterocycles. The molecule has 264 valence electrons. The molecule has 1 aliphatic rings. The van der Waals surface area contributed by atoms with Gasteiger partial charge in [0.1, 0.15) is 17.2 Å². The van der Waals surface area contributed by atoms with Crippen molar-refractivity contribution in [3.05, 3.63) is 0 Å². The number of aliphatic carboxylic acids is 1. The summed E-state index contributed by atoms with van der Waals surface area (Å²) in [7, 11) is 0. The molecule has 0 bridgehead atoms. The Morgan fingerprint density at radius 1 is 0.689 bits per heavy atom. The fourth-order valence-corrected chi connectivity index (χ4v) is 6.19. The average molecular weight is 641 g/mol. The van der Waals surface area contributed by atoms with E-state index in [4.69, 9.17) is 9.47 Å². The Hall–Kier alpha value is -1.75. The summed E-state index contributed by atoms with van der Waals surface area (Å²) in [6.45, 7) is 33.6. The molecule has 10 heteroatoms. The first kappa shape index (κ1) is 41.3. The van der Waals surface area contributed by atoms with Crippen molar-refractivity contribution >= 4 is 17.9 Å². The summed E-state index contributed by atoms with van der Waals surface area (Å²) in [6.07, 6.45) is 1.06. The predicted molar refractivity (Wildman–Crippen MR) is 181 cm³/mol. The maximum Gasteiger partial charge on any atom is 0.323 e. The molecule has 1 fully saturated rings. The van der Waals surface area contributed by atoms with Crippen LogP contribution in [0, 0.1) is 10.8 Å². The lowest BCUT2D eigenvalue weighted by Crippen LogP contribution is -2.54. The summed E-state index contributed by atoms with van der Waals surface area (Å²) >= 11 is 0. The zero-order valence-electron chi connectivity index (χ0n) is 31.1. The lowest BCUT2D eigenvalue weighted by atomic mass is 9.84. The number of esters is 2. The van der Waals surface area contributed by atoms with Crippen molar-refractivity contribution in [2.24, 2.45) is 10.8 Å². The van der Waals surface area contributed by atoms with Gasteiger partial charge < -0.3 is 19.5 Å². The highest BCUT2D eigenvalue weighted by Crippen LogP contribution is 2.27. The number of hydrogen-bond acceptors (Lipinski definition) is 9. The molecule has 0 aromatic heterocycles. The minimum Gasteiger partial charge on any atom is -0.481 e. The van der Waals surface area contributed by atoms with Gasteiger partial charge in [-0.25, -0.2) is 0 Å². The van der Waals surface area contributed by atoms with Crippen LogP contribution in [0.4, 0.5) is 0 Å². The van der Waals surface area contributed by atoms with Crippen LogP contribution in [0.2, 0.25) is 0 Å². The average Bonchev–Trinajstić information content (AvgIpc) is 2.81. The molecule has 1 N–H and O–H groups in total. The number of carbonyl (C=O) groups excluding carboxylic acids is 2. The van der Waals surface area contributed by atoms with Gasteiger partial charge in [-0.3, -0.25) is 29.1 Å². The molecule has 0 spiro atoms. The van der Waals surface area contributed by atoms with Gasteiger partial charge in [-0.1, -0.05) is 48.5 Å². The lowest BCUT2D eigenvalue weighted by Gasteiger charge is -2.43. The molecule has 1 heterocycles. The summed E-state index contributed by atoms with van der Waals surface area (Å²) in [5, 5.41) is 9.53. The highest BCUT2D eigenvalue weighted by molar-refractivity contribution is 5.77. The van der Waals surface area contributed by atoms with E-state index in [-0.39, 0.29) is 36.2 Å². The maximum atomic E-state index is 13.6. The second kappa shape index (κ2) is 17.4. The Labute approximate surface area is 275 Å². The third-order valence-electron chi connectivity index (χ3n) is 7.86. The maximum absolute atomic E-state index is 13.6. The SMILES string of the molecule is CCC(N1CCN(CC(=O)OC(C)(C)C)CCN(C(CCC(=O)O)C(=O)OC(C)(C)C)CCN(CC(C)(C)C)CC1)C(C)(C)C. The molecule has 10 nitrogen and oxygen atoms in total. The Balaban J connectivity index is 3.52. The largest absolute Gasteiger partial charge is 0.481 e. The van der Waals surface area contributed by atoms with E-state index in [0.29, 0.717) is 32.2 Å². The van der Waals surface area contributed by atoms with E-state index >= 15 is 0 Å². The van der Waals surface area contributed by atoms with Crippen LogP contribution in [0.3, 0.4) is 0 Å². The number of nitrogens with zero attached hydrogens (tertiary/aromatic N) is 4. The van der Waals surface area contributed by atoms with Crippen molar-refractivity contribution in [2.45, 2.75) is 133 Å². The summed E-state index contributed by atoms with van der Waals surface area (Å²) in [5.41, 5.74) is -1.11. The van der Waals surface area contributed by atoms with E-state index in [2.05, 4.69) is 68.1 Å². The van der Waals surface area contributed by atoms with E-state index in [9.17, 15) is 19.5 Å². The van der Waals surface area contributed by atoms with E-state index in [1.807, 2.05) is 41.5 Å². The molecular weight excluding hydrogens is 572 g/mol. The van der Waals surface area contributed by atoms with Crippen molar-refractivity contribution in [1.82, 2.24) is 19.6 Å². The van der Waals surface area contributed by atoms with Crippen LogP contribution in [0.15, 0.2) is 0 Å². The monoisotopic (exact) mass is 641 g/mol. The molecule has 0 saturated carbocycles. The quantitative estimate of drug-likeness (QED) is 0.329. The van der Waals surface area contributed by atoms with Crippen LogP contribution in [-0.2, 0) is 23.9 Å². The number of carbonyl (C=O) groups is 3. The van der Waals surface area contributed by atoms with Gasteiger partial charge in [-0.2, -0.15) is 0 Å². The zero-order chi connectivity index (χ0) is 34.8. The van der Waals surface area contributed by atoms with Crippen LogP contribution in [-0.4, -0.2) is 131 Å². The van der Waals surface area contributed by atoms with Crippen LogP contribution in [0.5, 0.6) is 0 Å². The lowest BCUT2D eigenvalue weighted by molar-refractivity contribution is -0.163. The molecule has 0 aromatic rings. The van der Waals surface area contributed by atoms with Crippen LogP contribution in [0.1, 0.15) is 109 Å². The third kappa shape index (κ3) is 17.7. The van der Waals surface area contributed by atoms with Gasteiger partial charge in [-0.15, -0.1) is 0 Å². The Kier molecular flexibility index (Phi) is 16.0. The highest BCUT2D eigenvalue weighted by Gasteiger charge is 2.34. The smallest absolute Gasteiger partial charge is 0.323 e. The molecule has 0 aromatic carbocycles. The Bertz CT molecular complexity index is 928. The molecule has 0 aliphatic carbocycles. The number of ether oxygens (including phenoxy) is 2. The van der Waals surface area contributed by atoms with E-state index in [1.165, 1.54) is 0 Å². The van der Waals surface area contributed by atoms with Crippen molar-refractivity contribution < 1.29 is 29.0 Å². The van der Waals surface area contributed by atoms with Crippen molar-refractivity contribution in [3.8, 4) is 0 Å². The van der Waals surface area contributed by atoms with E-state index in [1.54, 1.807) is 0 Å². The van der Waals surface area contributed by atoms with Crippen LogP contribution in [0.25, 0.3) is 0 Å². The summed E-state index contributed by atoms with van der Waals surface area (Å²) < 4.78 is 11.5. The van der Waals surface area contributed by atoms with Crippen LogP contribution < -0.4 is 0 Å². The minimum atomic E-state index is -0.941. The second-order valence-corrected chi connectivity index (χ2v) is 17.0. The van der Waals surface area contributed by atoms with Crippen molar-refractivity contribution in [2.75, 3.05) is 65.4 Å². The van der Waals surface area contributed by atoms with Gasteiger partial charge in [0.15, 0.2) is 0 Å². The van der Waals surface area contributed by atoms with E-state index < -0.39 is 29.2 Å². The molecular formula is C35H68N4O6. The molecule has 0 radical (unpaired) electrons. The number of hydrogen-bond donors (Lipinski definition) is 1. The Morgan fingerprint density at radius 3 is 1.56 bits per heavy atom. The molecule has 0 amide bonds. The van der Waals surface area contributed by atoms with Gasteiger partial charge in [-0.05, 0) is 65.2 Å². The topological polar surface area (TPSA) is 103 Å². The van der Waals surface area contributed by atoms with Gasteiger partial charge in [0.2, 0.25) is 0 Å². The summed E-state index contributed by atoms with van der Waals surface area (Å²) in [6, 6.07) is -0.325. The predicted octanol–water partition coefficient (Wildman–Crippen LogP) is 5.00. The molecule has 2 unspecified atom stereocenters. The molecule has 1 saturated heterocycles. The van der Waals surface area contributed by atoms with Crippen molar-refractivity contribution in [1.29, 1.82) is 0 Å². The zero-order valence-corrected chi connectivity index (χ0v) is 31.1. The molecule has 45 heavy (non-hydrogen) atoms. The molecule has 1 rings (SSSR count). The van der Waals surface area contributed by atoms with Gasteiger partial charge in [0.05, 0.1) is 6.54 Å². The van der Waals surface area contributed by atoms with Gasteiger partial charge >= 0.3 is 17.9 Å². The van der Waals surface area contributed by atoms with Gasteiger partial charge in [0, 0.05) is 71.4 Å². The minimum absolute atomic E-state index is 0.0823.